The van der Waals surface area contributed by atoms with E-state index in [1.165, 1.54) is 42.5 Å². The van der Waals surface area contributed by atoms with Crippen LogP contribution in [0.4, 0.5) is 14.9 Å². The van der Waals surface area contributed by atoms with Crippen molar-refractivity contribution in [3.05, 3.63) is 58.5 Å². The molecule has 1 heterocycles. The molecular formula is C20H17ClFN3O5. The molecule has 10 heteroatoms. The molecule has 30 heavy (non-hydrogen) atoms. The van der Waals surface area contributed by atoms with Gasteiger partial charge in [0.2, 0.25) is 5.91 Å². The van der Waals surface area contributed by atoms with Gasteiger partial charge in [-0.15, -0.1) is 0 Å². The van der Waals surface area contributed by atoms with Crippen LogP contribution in [0.2, 0.25) is 5.02 Å². The number of carbonyl (C=O) groups excluding carboxylic acids is 3. The monoisotopic (exact) mass is 433 g/mol. The molecule has 0 aliphatic carbocycles. The molecule has 0 saturated carbocycles. The highest BCUT2D eigenvalue weighted by Crippen LogP contribution is 2.36. The van der Waals surface area contributed by atoms with Crippen LogP contribution in [0.15, 0.2) is 42.1 Å². The van der Waals surface area contributed by atoms with Gasteiger partial charge in [-0.1, -0.05) is 23.7 Å². The van der Waals surface area contributed by atoms with Gasteiger partial charge in [0, 0.05) is 0 Å². The number of benzene rings is 2. The minimum absolute atomic E-state index is 0.00527. The lowest BCUT2D eigenvalue weighted by Gasteiger charge is -2.12. The summed E-state index contributed by atoms with van der Waals surface area (Å²) in [5.41, 5.74) is 0.234. The largest absolute Gasteiger partial charge is 0.503 e. The Balaban J connectivity index is 1.76. The Morgan fingerprint density at radius 3 is 2.77 bits per heavy atom. The Labute approximate surface area is 175 Å². The van der Waals surface area contributed by atoms with Gasteiger partial charge < -0.3 is 20.5 Å². The molecule has 0 radical (unpaired) electrons. The van der Waals surface area contributed by atoms with Crippen LogP contribution < -0.4 is 15.4 Å². The van der Waals surface area contributed by atoms with Crippen molar-refractivity contribution < 1.29 is 28.6 Å². The summed E-state index contributed by atoms with van der Waals surface area (Å²) in [5.74, 6) is -2.25. The van der Waals surface area contributed by atoms with Gasteiger partial charge in [0.25, 0.3) is 5.91 Å². The first-order valence-electron chi connectivity index (χ1n) is 8.84. The van der Waals surface area contributed by atoms with Crippen LogP contribution in [0.3, 0.4) is 0 Å². The number of phenolic OH excluding ortho intramolecular Hbond substituents is 1. The van der Waals surface area contributed by atoms with Gasteiger partial charge >= 0.3 is 6.03 Å². The maximum absolute atomic E-state index is 13.6. The molecule has 3 N–H and O–H groups in total. The second kappa shape index (κ2) is 8.83. The number of halogens is 2. The maximum Gasteiger partial charge on any atom is 0.329 e. The highest BCUT2D eigenvalue weighted by molar-refractivity contribution is 6.32. The van der Waals surface area contributed by atoms with Gasteiger partial charge in [-0.05, 0) is 42.8 Å². The number of urea groups is 1. The molecule has 0 spiro atoms. The first kappa shape index (κ1) is 21.1. The number of carbonyl (C=O) groups is 3. The van der Waals surface area contributed by atoms with Crippen molar-refractivity contribution in [3.63, 3.8) is 0 Å². The van der Waals surface area contributed by atoms with E-state index in [2.05, 4.69) is 10.6 Å². The predicted octanol–water partition coefficient (Wildman–Crippen LogP) is 3.11. The summed E-state index contributed by atoms with van der Waals surface area (Å²) >= 11 is 5.97. The van der Waals surface area contributed by atoms with E-state index < -0.39 is 30.2 Å². The van der Waals surface area contributed by atoms with Gasteiger partial charge in [-0.2, -0.15) is 0 Å². The fourth-order valence-electron chi connectivity index (χ4n) is 2.72. The number of rotatable bonds is 6. The smallest absolute Gasteiger partial charge is 0.329 e. The van der Waals surface area contributed by atoms with Crippen molar-refractivity contribution in [2.45, 2.75) is 6.92 Å². The molecule has 2 aromatic carbocycles. The summed E-state index contributed by atoms with van der Waals surface area (Å²) in [7, 11) is 0. The maximum atomic E-state index is 13.6. The summed E-state index contributed by atoms with van der Waals surface area (Å²) < 4.78 is 18.9. The van der Waals surface area contributed by atoms with Crippen LogP contribution in [0.1, 0.15) is 12.5 Å². The highest BCUT2D eigenvalue weighted by atomic mass is 35.5. The fraction of sp³-hybridized carbons (Fsp3) is 0.150. The molecule has 1 aliphatic rings. The third-order valence-electron chi connectivity index (χ3n) is 4.07. The number of hydrogen-bond acceptors (Lipinski definition) is 5. The van der Waals surface area contributed by atoms with Gasteiger partial charge in [-0.25, -0.2) is 14.1 Å². The zero-order valence-corrected chi connectivity index (χ0v) is 16.5. The average Bonchev–Trinajstić information content (AvgIpc) is 2.95. The van der Waals surface area contributed by atoms with Crippen molar-refractivity contribution in [2.24, 2.45) is 0 Å². The zero-order valence-electron chi connectivity index (χ0n) is 15.7. The zero-order chi connectivity index (χ0) is 21.8. The van der Waals surface area contributed by atoms with Gasteiger partial charge in [0.1, 0.15) is 18.1 Å². The van der Waals surface area contributed by atoms with Crippen LogP contribution >= 0.6 is 11.6 Å². The molecule has 8 nitrogen and oxygen atoms in total. The van der Waals surface area contributed by atoms with Crippen molar-refractivity contribution in [1.29, 1.82) is 0 Å². The number of amides is 4. The minimum atomic E-state index is -0.801. The second-order valence-electron chi connectivity index (χ2n) is 6.19. The Hall–Kier alpha value is -3.59. The van der Waals surface area contributed by atoms with E-state index in [0.717, 1.165) is 0 Å². The van der Waals surface area contributed by atoms with E-state index in [9.17, 15) is 23.9 Å². The molecule has 0 aromatic heterocycles. The van der Waals surface area contributed by atoms with Gasteiger partial charge in [-0.3, -0.25) is 9.59 Å². The first-order chi connectivity index (χ1) is 14.3. The lowest BCUT2D eigenvalue weighted by Crippen LogP contribution is -2.38. The quantitative estimate of drug-likeness (QED) is 0.479. The number of anilines is 1. The lowest BCUT2D eigenvalue weighted by atomic mass is 10.1. The molecule has 156 valence electrons. The van der Waals surface area contributed by atoms with Crippen molar-refractivity contribution in [3.8, 4) is 11.5 Å². The van der Waals surface area contributed by atoms with E-state index in [-0.39, 0.29) is 34.5 Å². The molecule has 1 saturated heterocycles. The number of nitrogens with one attached hydrogen (secondary N) is 2. The molecule has 1 aliphatic heterocycles. The number of imide groups is 1. The summed E-state index contributed by atoms with van der Waals surface area (Å²) in [5, 5.41) is 14.6. The number of phenols is 1. The Kier molecular flexibility index (Phi) is 6.22. The van der Waals surface area contributed by atoms with Gasteiger partial charge in [0.15, 0.2) is 11.5 Å². The molecule has 3 rings (SSSR count). The lowest BCUT2D eigenvalue weighted by molar-refractivity contribution is -0.127. The molecule has 1 fully saturated rings. The number of para-hydroxylation sites is 1. The van der Waals surface area contributed by atoms with Crippen molar-refractivity contribution in [2.75, 3.05) is 18.5 Å². The summed E-state index contributed by atoms with van der Waals surface area (Å²) in [6, 6.07) is 7.56. The van der Waals surface area contributed by atoms with Crippen LogP contribution in [0, 0.1) is 5.82 Å². The summed E-state index contributed by atoms with van der Waals surface area (Å²) in [6.45, 7) is 1.41. The molecule has 0 unspecified atom stereocenters. The number of hydrogen-bond donors (Lipinski definition) is 3. The van der Waals surface area contributed by atoms with E-state index in [1.54, 1.807) is 6.92 Å². The van der Waals surface area contributed by atoms with Crippen LogP contribution in [0.25, 0.3) is 6.08 Å². The van der Waals surface area contributed by atoms with E-state index >= 15 is 0 Å². The SMILES string of the molecule is CCOc1cc(/C=C2/NC(=O)N(CC(=O)Nc3ccccc3F)C2=O)cc(Cl)c1O. The van der Waals surface area contributed by atoms with E-state index in [1.807, 2.05) is 0 Å². The highest BCUT2D eigenvalue weighted by Gasteiger charge is 2.35. The Morgan fingerprint density at radius 2 is 2.07 bits per heavy atom. The molecule has 0 atom stereocenters. The standard InChI is InChI=1S/C20H17ClFN3O5/c1-2-30-16-9-11(7-12(21)18(16)27)8-15-19(28)25(20(29)24-15)10-17(26)23-14-6-4-3-5-13(14)22/h3-9,27H,2,10H2,1H3,(H,23,26)(H,24,29)/b15-8+. The topological polar surface area (TPSA) is 108 Å². The van der Waals surface area contributed by atoms with Crippen molar-refractivity contribution >= 4 is 41.2 Å². The molecule has 4 amide bonds. The number of aromatic hydroxyl groups is 1. The van der Waals surface area contributed by atoms with Crippen LogP contribution in [0.5, 0.6) is 11.5 Å². The normalized spacial score (nSPS) is 14.8. The molecule has 0 bridgehead atoms. The van der Waals surface area contributed by atoms with Crippen LogP contribution in [-0.4, -0.2) is 41.0 Å². The number of ether oxygens (including phenoxy) is 1. The predicted molar refractivity (Wildman–Crippen MR) is 108 cm³/mol. The Morgan fingerprint density at radius 1 is 1.33 bits per heavy atom. The number of nitrogens with zero attached hydrogens (tertiary/aromatic N) is 1. The third kappa shape index (κ3) is 4.52. The minimum Gasteiger partial charge on any atom is -0.503 e. The molecule has 2 aromatic rings. The van der Waals surface area contributed by atoms with Crippen LogP contribution in [-0.2, 0) is 9.59 Å². The van der Waals surface area contributed by atoms with Gasteiger partial charge in [0.05, 0.1) is 17.3 Å². The second-order valence-corrected chi connectivity index (χ2v) is 6.60. The first-order valence-corrected chi connectivity index (χ1v) is 9.22. The third-order valence-corrected chi connectivity index (χ3v) is 4.36. The van der Waals surface area contributed by atoms with Crippen molar-refractivity contribution in [1.82, 2.24) is 10.2 Å². The van der Waals surface area contributed by atoms with E-state index in [0.29, 0.717) is 10.5 Å². The Bertz CT molecular complexity index is 1060. The average molecular weight is 434 g/mol. The molecular weight excluding hydrogens is 417 g/mol. The summed E-state index contributed by atoms with van der Waals surface area (Å²) in [6.07, 6.45) is 1.34. The summed E-state index contributed by atoms with van der Waals surface area (Å²) in [4.78, 5) is 37.5. The van der Waals surface area contributed by atoms with E-state index in [4.69, 9.17) is 16.3 Å². The fourth-order valence-corrected chi connectivity index (χ4v) is 2.94.